The van der Waals surface area contributed by atoms with Crippen LogP contribution in [0.25, 0.3) is 0 Å². The number of phenolic OH excluding ortho intramolecular Hbond substituents is 1. The monoisotopic (exact) mass is 228 g/mol. The predicted octanol–water partition coefficient (Wildman–Crippen LogP) is 0.671. The molecule has 0 heterocycles. The average molecular weight is 228 g/mol. The van der Waals surface area contributed by atoms with Crippen LogP contribution in [-0.4, -0.2) is 34.0 Å². The van der Waals surface area contributed by atoms with E-state index >= 15 is 0 Å². The molecule has 0 aromatic heterocycles. The minimum Gasteiger partial charge on any atom is -0.508 e. The molecular weight excluding hydrogens is 216 g/mol. The van der Waals surface area contributed by atoms with Gasteiger partial charge in [-0.3, -0.25) is 0 Å². The lowest BCUT2D eigenvalue weighted by atomic mass is 10.2. The van der Waals surface area contributed by atoms with Crippen molar-refractivity contribution in [3.05, 3.63) is 29.8 Å². The van der Waals surface area contributed by atoms with Gasteiger partial charge in [-0.25, -0.2) is 9.59 Å². The zero-order valence-electron chi connectivity index (χ0n) is 8.58. The molecule has 0 spiro atoms. The van der Waals surface area contributed by atoms with E-state index < -0.39 is 11.9 Å². The van der Waals surface area contributed by atoms with Crippen LogP contribution in [0.1, 0.15) is 5.56 Å². The van der Waals surface area contributed by atoms with Gasteiger partial charge >= 0.3 is 11.9 Å². The minimum atomic E-state index is -1.82. The molecule has 1 rings (SSSR count). The molecule has 6 heteroatoms. The lowest BCUT2D eigenvalue weighted by molar-refractivity contribution is -0.159. The molecule has 1 aromatic carbocycles. The number of aliphatic carboxylic acids is 2. The maximum absolute atomic E-state index is 9.10. The Labute approximate surface area is 91.8 Å². The fourth-order valence-corrected chi connectivity index (χ4v) is 0.563. The number of aryl methyl sites for hydroxylation is 1. The van der Waals surface area contributed by atoms with Gasteiger partial charge in [-0.1, -0.05) is 18.2 Å². The SMILES string of the molecule is C=O.Cc1ccccc1O.O=C(O)C(=O)O. The second-order valence-electron chi connectivity index (χ2n) is 2.40. The summed E-state index contributed by atoms with van der Waals surface area (Å²) in [5.41, 5.74) is 0.924. The molecule has 0 saturated carbocycles. The van der Waals surface area contributed by atoms with E-state index in [1.54, 1.807) is 6.07 Å². The van der Waals surface area contributed by atoms with Crippen molar-refractivity contribution in [3.63, 3.8) is 0 Å². The zero-order valence-corrected chi connectivity index (χ0v) is 8.58. The van der Waals surface area contributed by atoms with E-state index in [0.29, 0.717) is 5.75 Å². The van der Waals surface area contributed by atoms with Crippen LogP contribution in [0.15, 0.2) is 24.3 Å². The van der Waals surface area contributed by atoms with Crippen molar-refractivity contribution in [2.45, 2.75) is 6.92 Å². The van der Waals surface area contributed by atoms with Gasteiger partial charge in [0, 0.05) is 0 Å². The summed E-state index contributed by atoms with van der Waals surface area (Å²) in [5, 5.41) is 23.7. The van der Waals surface area contributed by atoms with Crippen LogP contribution < -0.4 is 0 Å². The first-order valence-corrected chi connectivity index (χ1v) is 3.95. The number of hydrogen-bond acceptors (Lipinski definition) is 4. The molecule has 0 fully saturated rings. The third-order valence-electron chi connectivity index (χ3n) is 1.30. The Bertz CT molecular complexity index is 314. The maximum atomic E-state index is 9.10. The van der Waals surface area contributed by atoms with Crippen molar-refractivity contribution in [1.82, 2.24) is 0 Å². The summed E-state index contributed by atoms with van der Waals surface area (Å²) in [5.74, 6) is -3.28. The van der Waals surface area contributed by atoms with Crippen LogP contribution in [0.2, 0.25) is 0 Å². The smallest absolute Gasteiger partial charge is 0.414 e. The van der Waals surface area contributed by atoms with E-state index in [2.05, 4.69) is 0 Å². The van der Waals surface area contributed by atoms with Gasteiger partial charge in [-0.05, 0) is 18.6 Å². The molecule has 0 amide bonds. The third-order valence-corrected chi connectivity index (χ3v) is 1.30. The van der Waals surface area contributed by atoms with Crippen LogP contribution in [0.4, 0.5) is 0 Å². The minimum absolute atomic E-state index is 0.368. The molecule has 0 saturated heterocycles. The number of hydrogen-bond donors (Lipinski definition) is 3. The van der Waals surface area contributed by atoms with E-state index in [1.165, 1.54) is 0 Å². The Morgan fingerprint density at radius 1 is 1.06 bits per heavy atom. The number of rotatable bonds is 0. The van der Waals surface area contributed by atoms with Gasteiger partial charge in [-0.2, -0.15) is 0 Å². The molecule has 6 nitrogen and oxygen atoms in total. The van der Waals surface area contributed by atoms with Gasteiger partial charge in [0.25, 0.3) is 0 Å². The van der Waals surface area contributed by atoms with Gasteiger partial charge in [0.1, 0.15) is 12.5 Å². The molecule has 0 radical (unpaired) electrons. The number of phenols is 1. The normalized spacial score (nSPS) is 7.56. The summed E-state index contributed by atoms with van der Waals surface area (Å²) in [6.07, 6.45) is 0. The number of carboxylic acid groups (broad SMARTS) is 2. The van der Waals surface area contributed by atoms with Gasteiger partial charge in [0.05, 0.1) is 0 Å². The largest absolute Gasteiger partial charge is 0.508 e. The topological polar surface area (TPSA) is 112 Å². The number of benzene rings is 1. The van der Waals surface area contributed by atoms with E-state index in [9.17, 15) is 0 Å². The van der Waals surface area contributed by atoms with Crippen molar-refractivity contribution in [1.29, 1.82) is 0 Å². The number of carbonyl (C=O) groups excluding carboxylic acids is 1. The summed E-state index contributed by atoms with van der Waals surface area (Å²) in [6, 6.07) is 7.25. The number of carboxylic acids is 2. The van der Waals surface area contributed by atoms with Gasteiger partial charge in [0.15, 0.2) is 0 Å². The maximum Gasteiger partial charge on any atom is 0.414 e. The highest BCUT2D eigenvalue weighted by atomic mass is 16.4. The van der Waals surface area contributed by atoms with E-state index in [4.69, 9.17) is 29.7 Å². The quantitative estimate of drug-likeness (QED) is 0.562. The first-order valence-electron chi connectivity index (χ1n) is 3.95. The molecule has 0 bridgehead atoms. The van der Waals surface area contributed by atoms with Crippen molar-refractivity contribution in [2.24, 2.45) is 0 Å². The van der Waals surface area contributed by atoms with Crippen LogP contribution in [0.5, 0.6) is 5.75 Å². The number of aromatic hydroxyl groups is 1. The van der Waals surface area contributed by atoms with E-state index in [0.717, 1.165) is 5.56 Å². The van der Waals surface area contributed by atoms with Crippen molar-refractivity contribution < 1.29 is 29.7 Å². The predicted molar refractivity (Wildman–Crippen MR) is 55.2 cm³/mol. The van der Waals surface area contributed by atoms with Crippen LogP contribution in [0.3, 0.4) is 0 Å². The molecule has 0 aliphatic heterocycles. The standard InChI is InChI=1S/C7H8O.C2H2O4.CH2O/c1-6-4-2-3-5-7(6)8;3-1(4)2(5)6;1-2/h2-5,8H,1H3;(H,3,4)(H,5,6);1H2. The first-order chi connectivity index (χ1) is 7.45. The lowest BCUT2D eigenvalue weighted by Crippen LogP contribution is -2.09. The molecule has 0 atom stereocenters. The van der Waals surface area contributed by atoms with E-state index in [-0.39, 0.29) is 0 Å². The van der Waals surface area contributed by atoms with Crippen molar-refractivity contribution >= 4 is 18.7 Å². The summed E-state index contributed by atoms with van der Waals surface area (Å²) in [7, 11) is 0. The summed E-state index contributed by atoms with van der Waals surface area (Å²) in [4.78, 5) is 26.2. The molecule has 88 valence electrons. The average Bonchev–Trinajstić information content (AvgIpc) is 2.26. The Morgan fingerprint density at radius 2 is 1.44 bits per heavy atom. The molecule has 16 heavy (non-hydrogen) atoms. The van der Waals surface area contributed by atoms with Gasteiger partial charge in [-0.15, -0.1) is 0 Å². The second kappa shape index (κ2) is 9.20. The highest BCUT2D eigenvalue weighted by Gasteiger charge is 2.04. The zero-order chi connectivity index (χ0) is 13.1. The summed E-state index contributed by atoms with van der Waals surface area (Å²) >= 11 is 0. The summed E-state index contributed by atoms with van der Waals surface area (Å²) in [6.45, 7) is 3.87. The Morgan fingerprint density at radius 3 is 1.62 bits per heavy atom. The van der Waals surface area contributed by atoms with Crippen molar-refractivity contribution in [3.8, 4) is 5.75 Å². The molecule has 3 N–H and O–H groups in total. The number of carbonyl (C=O) groups is 3. The first kappa shape index (κ1) is 16.1. The third kappa shape index (κ3) is 8.24. The summed E-state index contributed by atoms with van der Waals surface area (Å²) < 4.78 is 0. The highest BCUT2D eigenvalue weighted by molar-refractivity contribution is 6.27. The fourth-order valence-electron chi connectivity index (χ4n) is 0.563. The molecule has 0 aliphatic rings. The van der Waals surface area contributed by atoms with Gasteiger partial charge < -0.3 is 20.1 Å². The Hall–Kier alpha value is -2.37. The molecule has 1 aromatic rings. The Balaban J connectivity index is 0. The second-order valence-corrected chi connectivity index (χ2v) is 2.40. The molecule has 0 unspecified atom stereocenters. The number of para-hydroxylation sites is 1. The Kier molecular flexibility index (Phi) is 9.24. The highest BCUT2D eigenvalue weighted by Crippen LogP contribution is 2.12. The van der Waals surface area contributed by atoms with Crippen molar-refractivity contribution in [2.75, 3.05) is 0 Å². The van der Waals surface area contributed by atoms with E-state index in [1.807, 2.05) is 31.9 Å². The lowest BCUT2D eigenvalue weighted by Gasteiger charge is -1.92. The molecule has 0 aliphatic carbocycles. The van der Waals surface area contributed by atoms with Gasteiger partial charge in [0.2, 0.25) is 0 Å². The van der Waals surface area contributed by atoms with Crippen LogP contribution >= 0.6 is 0 Å². The van der Waals surface area contributed by atoms with Crippen LogP contribution in [0, 0.1) is 6.92 Å². The van der Waals surface area contributed by atoms with Crippen LogP contribution in [-0.2, 0) is 14.4 Å². The fraction of sp³-hybridized carbons (Fsp3) is 0.100. The molecular formula is C10H12O6.